The summed E-state index contributed by atoms with van der Waals surface area (Å²) in [6.45, 7) is 0. The lowest BCUT2D eigenvalue weighted by Gasteiger charge is -2.13. The van der Waals surface area contributed by atoms with Crippen LogP contribution in [0.1, 0.15) is 44.1 Å². The molecule has 0 radical (unpaired) electrons. The SMILES string of the molecule is Brc1cccc(CC(Br)CCC2CCCC2)c1. The van der Waals surface area contributed by atoms with E-state index in [0.717, 1.165) is 12.3 Å². The maximum absolute atomic E-state index is 3.83. The Bertz CT molecular complexity index is 343. The first-order valence-corrected chi connectivity index (χ1v) is 8.33. The minimum atomic E-state index is 0.636. The fourth-order valence-electron chi connectivity index (χ4n) is 2.74. The van der Waals surface area contributed by atoms with Crippen molar-refractivity contribution in [1.29, 1.82) is 0 Å². The molecular formula is C15H20Br2. The average molecular weight is 360 g/mol. The molecule has 94 valence electrons. The van der Waals surface area contributed by atoms with Gasteiger partial charge in [-0.1, -0.05) is 69.7 Å². The van der Waals surface area contributed by atoms with Crippen LogP contribution in [-0.4, -0.2) is 4.83 Å². The second-order valence-corrected chi connectivity index (χ2v) is 7.37. The monoisotopic (exact) mass is 358 g/mol. The third kappa shape index (κ3) is 4.75. The summed E-state index contributed by atoms with van der Waals surface area (Å²) < 4.78 is 1.19. The van der Waals surface area contributed by atoms with Gasteiger partial charge in [0.05, 0.1) is 0 Å². The van der Waals surface area contributed by atoms with E-state index in [2.05, 4.69) is 56.1 Å². The molecule has 2 heteroatoms. The lowest BCUT2D eigenvalue weighted by molar-refractivity contribution is 0.479. The number of halogens is 2. The van der Waals surface area contributed by atoms with Crippen molar-refractivity contribution in [2.75, 3.05) is 0 Å². The molecule has 0 aliphatic heterocycles. The van der Waals surface area contributed by atoms with Gasteiger partial charge in [-0.3, -0.25) is 0 Å². The highest BCUT2D eigenvalue weighted by Crippen LogP contribution is 2.30. The predicted molar refractivity (Wildman–Crippen MR) is 81.8 cm³/mol. The van der Waals surface area contributed by atoms with Gasteiger partial charge in [-0.25, -0.2) is 0 Å². The largest absolute Gasteiger partial charge is 0.0887 e. The Morgan fingerprint density at radius 1 is 1.24 bits per heavy atom. The van der Waals surface area contributed by atoms with Crippen LogP contribution in [0.5, 0.6) is 0 Å². The molecule has 1 unspecified atom stereocenters. The van der Waals surface area contributed by atoms with Crippen molar-refractivity contribution in [3.05, 3.63) is 34.3 Å². The summed E-state index contributed by atoms with van der Waals surface area (Å²) in [5.41, 5.74) is 1.42. The van der Waals surface area contributed by atoms with Gasteiger partial charge in [0.1, 0.15) is 0 Å². The van der Waals surface area contributed by atoms with E-state index in [-0.39, 0.29) is 0 Å². The van der Waals surface area contributed by atoms with E-state index in [1.807, 2.05) is 0 Å². The van der Waals surface area contributed by atoms with E-state index >= 15 is 0 Å². The van der Waals surface area contributed by atoms with Crippen LogP contribution in [0.2, 0.25) is 0 Å². The van der Waals surface area contributed by atoms with Crippen molar-refractivity contribution in [1.82, 2.24) is 0 Å². The van der Waals surface area contributed by atoms with Gasteiger partial charge in [-0.05, 0) is 42.9 Å². The summed E-state index contributed by atoms with van der Waals surface area (Å²) in [4.78, 5) is 0.636. The molecular weight excluding hydrogens is 340 g/mol. The number of rotatable bonds is 5. The summed E-state index contributed by atoms with van der Waals surface area (Å²) in [5.74, 6) is 1.01. The Morgan fingerprint density at radius 2 is 2.00 bits per heavy atom. The Kier molecular flexibility index (Phi) is 5.55. The fourth-order valence-corrected chi connectivity index (χ4v) is 3.82. The molecule has 0 spiro atoms. The summed E-state index contributed by atoms with van der Waals surface area (Å²) >= 11 is 7.36. The molecule has 1 aliphatic rings. The average Bonchev–Trinajstić information content (AvgIpc) is 2.79. The van der Waals surface area contributed by atoms with Crippen LogP contribution >= 0.6 is 31.9 Å². The molecule has 0 bridgehead atoms. The van der Waals surface area contributed by atoms with Crippen molar-refractivity contribution >= 4 is 31.9 Å². The lowest BCUT2D eigenvalue weighted by atomic mass is 9.98. The number of hydrogen-bond acceptors (Lipinski definition) is 0. The van der Waals surface area contributed by atoms with Crippen LogP contribution in [0.4, 0.5) is 0 Å². The minimum Gasteiger partial charge on any atom is -0.0887 e. The summed E-state index contributed by atoms with van der Waals surface area (Å²) in [6.07, 6.45) is 9.73. The van der Waals surface area contributed by atoms with E-state index in [1.54, 1.807) is 0 Å². The Balaban J connectivity index is 1.74. The summed E-state index contributed by atoms with van der Waals surface area (Å²) in [6, 6.07) is 8.65. The zero-order valence-corrected chi connectivity index (χ0v) is 13.3. The predicted octanol–water partition coefficient (Wildman–Crippen LogP) is 5.73. The molecule has 0 heterocycles. The minimum absolute atomic E-state index is 0.636. The third-order valence-electron chi connectivity index (χ3n) is 3.71. The first kappa shape index (κ1) is 13.6. The highest BCUT2D eigenvalue weighted by Gasteiger charge is 2.16. The van der Waals surface area contributed by atoms with Crippen LogP contribution in [0.15, 0.2) is 28.7 Å². The molecule has 0 nitrogen and oxygen atoms in total. The van der Waals surface area contributed by atoms with E-state index in [4.69, 9.17) is 0 Å². The van der Waals surface area contributed by atoms with Crippen molar-refractivity contribution in [3.63, 3.8) is 0 Å². The molecule has 1 aromatic rings. The summed E-state index contributed by atoms with van der Waals surface area (Å²) in [5, 5.41) is 0. The molecule has 1 atom stereocenters. The molecule has 2 rings (SSSR count). The van der Waals surface area contributed by atoms with Crippen LogP contribution in [0.3, 0.4) is 0 Å². The second kappa shape index (κ2) is 6.94. The number of benzene rings is 1. The maximum atomic E-state index is 3.83. The molecule has 17 heavy (non-hydrogen) atoms. The van der Waals surface area contributed by atoms with Gasteiger partial charge in [0.2, 0.25) is 0 Å². The molecule has 0 amide bonds. The van der Waals surface area contributed by atoms with Crippen molar-refractivity contribution in [2.24, 2.45) is 5.92 Å². The lowest BCUT2D eigenvalue weighted by Crippen LogP contribution is -2.05. The van der Waals surface area contributed by atoms with Gasteiger partial charge in [-0.2, -0.15) is 0 Å². The van der Waals surface area contributed by atoms with Gasteiger partial charge in [0.15, 0.2) is 0 Å². The second-order valence-electron chi connectivity index (χ2n) is 5.16. The molecule has 1 aromatic carbocycles. The Hall–Kier alpha value is 0.180. The van der Waals surface area contributed by atoms with Crippen molar-refractivity contribution in [2.45, 2.75) is 49.8 Å². The zero-order chi connectivity index (χ0) is 12.1. The molecule has 0 saturated heterocycles. The van der Waals surface area contributed by atoms with Gasteiger partial charge < -0.3 is 0 Å². The van der Waals surface area contributed by atoms with E-state index < -0.39 is 0 Å². The standard InChI is InChI=1S/C15H20Br2/c16-14-7-3-6-13(10-14)11-15(17)9-8-12-4-1-2-5-12/h3,6-7,10,12,15H,1-2,4-5,8-9,11H2. The molecule has 1 aliphatic carbocycles. The van der Waals surface area contributed by atoms with Gasteiger partial charge in [-0.15, -0.1) is 0 Å². The Morgan fingerprint density at radius 3 is 2.71 bits per heavy atom. The normalized spacial score (nSPS) is 18.5. The topological polar surface area (TPSA) is 0 Å². The first-order chi connectivity index (χ1) is 8.24. The molecule has 1 saturated carbocycles. The molecule has 0 N–H and O–H groups in total. The van der Waals surface area contributed by atoms with Crippen LogP contribution in [-0.2, 0) is 6.42 Å². The molecule has 0 aromatic heterocycles. The van der Waals surface area contributed by atoms with E-state index in [9.17, 15) is 0 Å². The maximum Gasteiger partial charge on any atom is 0.0186 e. The van der Waals surface area contributed by atoms with Gasteiger partial charge in [0.25, 0.3) is 0 Å². The number of alkyl halides is 1. The Labute approximate surface area is 121 Å². The van der Waals surface area contributed by atoms with E-state index in [1.165, 1.54) is 48.6 Å². The zero-order valence-electron chi connectivity index (χ0n) is 10.2. The number of hydrogen-bond donors (Lipinski definition) is 0. The van der Waals surface area contributed by atoms with Gasteiger partial charge in [0, 0.05) is 9.30 Å². The summed E-state index contributed by atoms with van der Waals surface area (Å²) in [7, 11) is 0. The van der Waals surface area contributed by atoms with E-state index in [0.29, 0.717) is 4.83 Å². The van der Waals surface area contributed by atoms with Crippen LogP contribution in [0, 0.1) is 5.92 Å². The van der Waals surface area contributed by atoms with Crippen LogP contribution in [0.25, 0.3) is 0 Å². The quantitative estimate of drug-likeness (QED) is 0.589. The first-order valence-electron chi connectivity index (χ1n) is 6.62. The third-order valence-corrected chi connectivity index (χ3v) is 4.98. The van der Waals surface area contributed by atoms with Crippen LogP contribution < -0.4 is 0 Å². The smallest absolute Gasteiger partial charge is 0.0186 e. The highest BCUT2D eigenvalue weighted by atomic mass is 79.9. The van der Waals surface area contributed by atoms with Crippen molar-refractivity contribution < 1.29 is 0 Å². The fraction of sp³-hybridized carbons (Fsp3) is 0.600. The highest BCUT2D eigenvalue weighted by molar-refractivity contribution is 9.10. The van der Waals surface area contributed by atoms with Crippen molar-refractivity contribution in [3.8, 4) is 0 Å². The van der Waals surface area contributed by atoms with Gasteiger partial charge >= 0.3 is 0 Å². The molecule has 1 fully saturated rings.